The number of nitrogens with zero attached hydrogens (tertiary/aromatic N) is 1. The fraction of sp³-hybridized carbons (Fsp3) is 0.417. The number of rotatable bonds is 8. The summed E-state index contributed by atoms with van der Waals surface area (Å²) >= 11 is 0. The summed E-state index contributed by atoms with van der Waals surface area (Å²) in [7, 11) is -3.82. The van der Waals surface area contributed by atoms with Crippen LogP contribution in [0, 0.1) is 0 Å². The molecule has 7 nitrogen and oxygen atoms in total. The van der Waals surface area contributed by atoms with Crippen molar-refractivity contribution in [1.29, 1.82) is 0 Å². The Labute approximate surface area is 190 Å². The lowest BCUT2D eigenvalue weighted by Gasteiger charge is -2.31. The minimum atomic E-state index is -3.82. The highest BCUT2D eigenvalue weighted by molar-refractivity contribution is 7.92. The Morgan fingerprint density at radius 3 is 2.38 bits per heavy atom. The molecule has 2 amide bonds. The third-order valence-electron chi connectivity index (χ3n) is 5.71. The molecule has 2 aromatic carbocycles. The Balaban J connectivity index is 1.64. The monoisotopic (exact) mass is 457 g/mol. The molecule has 1 aliphatic heterocycles. The molecule has 1 heterocycles. The number of piperidine rings is 1. The molecule has 3 rings (SSSR count). The van der Waals surface area contributed by atoms with Gasteiger partial charge in [-0.25, -0.2) is 8.42 Å². The molecule has 1 saturated heterocycles. The van der Waals surface area contributed by atoms with Gasteiger partial charge in [0, 0.05) is 37.3 Å². The molecule has 0 bridgehead atoms. The van der Waals surface area contributed by atoms with Gasteiger partial charge in [-0.1, -0.05) is 31.5 Å². The van der Waals surface area contributed by atoms with E-state index in [0.29, 0.717) is 31.6 Å². The quantitative estimate of drug-likeness (QED) is 0.633. The summed E-state index contributed by atoms with van der Waals surface area (Å²) in [4.78, 5) is 25.9. The number of hydrogen-bond donors (Lipinski definition) is 2. The fourth-order valence-electron chi connectivity index (χ4n) is 3.75. The lowest BCUT2D eigenvalue weighted by Crippen LogP contribution is -2.46. The van der Waals surface area contributed by atoms with Crippen LogP contribution in [0.4, 0.5) is 5.69 Å². The van der Waals surface area contributed by atoms with E-state index < -0.39 is 10.0 Å². The van der Waals surface area contributed by atoms with E-state index in [1.54, 1.807) is 36.1 Å². The Morgan fingerprint density at radius 2 is 1.75 bits per heavy atom. The molecular weight excluding hydrogens is 426 g/mol. The molecule has 0 spiro atoms. The molecule has 1 aliphatic rings. The third-order valence-corrected chi connectivity index (χ3v) is 7.09. The molecule has 0 saturated carbocycles. The molecule has 0 atom stereocenters. The number of amides is 2. The summed E-state index contributed by atoms with van der Waals surface area (Å²) in [6, 6.07) is 13.3. The summed E-state index contributed by atoms with van der Waals surface area (Å²) in [5, 5.41) is 2.95. The highest BCUT2D eigenvalue weighted by Crippen LogP contribution is 2.19. The van der Waals surface area contributed by atoms with Crippen molar-refractivity contribution >= 4 is 27.5 Å². The van der Waals surface area contributed by atoms with Gasteiger partial charge in [0.25, 0.3) is 15.9 Å². The van der Waals surface area contributed by atoms with Crippen molar-refractivity contribution in [2.45, 2.75) is 56.9 Å². The first-order valence-electron chi connectivity index (χ1n) is 11.1. The van der Waals surface area contributed by atoms with Crippen LogP contribution in [0.3, 0.4) is 0 Å². The van der Waals surface area contributed by atoms with E-state index in [0.717, 1.165) is 19.3 Å². The maximum absolute atomic E-state index is 12.8. The number of likely N-dealkylation sites (tertiary alicyclic amines) is 1. The molecule has 1 fully saturated rings. The lowest BCUT2D eigenvalue weighted by molar-refractivity contribution is -0.129. The second-order valence-electron chi connectivity index (χ2n) is 8.19. The number of unbranched alkanes of at least 4 members (excludes halogenated alkanes) is 1. The number of nitrogens with one attached hydrogen (secondary N) is 2. The average molecular weight is 458 g/mol. The number of carbonyl (C=O) groups excluding carboxylic acids is 2. The van der Waals surface area contributed by atoms with Gasteiger partial charge in [-0.3, -0.25) is 14.3 Å². The molecule has 2 N–H and O–H groups in total. The van der Waals surface area contributed by atoms with Crippen molar-refractivity contribution < 1.29 is 18.0 Å². The SMILES string of the molecule is CCCCc1ccc(NS(=O)(=O)c2cccc(C(=O)NC3CCN(C(C)=O)CC3)c2)cc1. The zero-order valence-corrected chi connectivity index (χ0v) is 19.5. The minimum Gasteiger partial charge on any atom is -0.349 e. The van der Waals surface area contributed by atoms with Crippen LogP contribution in [0.5, 0.6) is 0 Å². The van der Waals surface area contributed by atoms with Gasteiger partial charge in [0.2, 0.25) is 5.91 Å². The highest BCUT2D eigenvalue weighted by Gasteiger charge is 2.23. The molecule has 8 heteroatoms. The Hall–Kier alpha value is -2.87. The van der Waals surface area contributed by atoms with Crippen LogP contribution in [-0.4, -0.2) is 44.3 Å². The molecule has 0 aromatic heterocycles. The third kappa shape index (κ3) is 6.32. The average Bonchev–Trinajstić information content (AvgIpc) is 2.79. The first-order chi connectivity index (χ1) is 15.3. The van der Waals surface area contributed by atoms with Gasteiger partial charge >= 0.3 is 0 Å². The number of sulfonamides is 1. The number of aryl methyl sites for hydroxylation is 1. The van der Waals surface area contributed by atoms with E-state index in [9.17, 15) is 18.0 Å². The first-order valence-corrected chi connectivity index (χ1v) is 12.5. The minimum absolute atomic E-state index is 0.0339. The van der Waals surface area contributed by atoms with E-state index in [-0.39, 0.29) is 28.3 Å². The summed E-state index contributed by atoms with van der Waals surface area (Å²) < 4.78 is 28.3. The van der Waals surface area contributed by atoms with Crippen LogP contribution in [0.2, 0.25) is 0 Å². The molecule has 0 unspecified atom stereocenters. The molecule has 2 aromatic rings. The first kappa shape index (κ1) is 23.8. The van der Waals surface area contributed by atoms with Crippen molar-refractivity contribution in [3.63, 3.8) is 0 Å². The maximum atomic E-state index is 12.8. The predicted octanol–water partition coefficient (Wildman–Crippen LogP) is 3.57. The Morgan fingerprint density at radius 1 is 1.06 bits per heavy atom. The van der Waals surface area contributed by atoms with E-state index in [2.05, 4.69) is 17.0 Å². The van der Waals surface area contributed by atoms with Crippen LogP contribution in [0.15, 0.2) is 53.4 Å². The summed E-state index contributed by atoms with van der Waals surface area (Å²) in [6.45, 7) is 4.89. The van der Waals surface area contributed by atoms with Crippen LogP contribution in [-0.2, 0) is 21.2 Å². The van der Waals surface area contributed by atoms with Gasteiger partial charge in [0.15, 0.2) is 0 Å². The Bertz CT molecular complexity index is 1040. The van der Waals surface area contributed by atoms with Crippen molar-refractivity contribution in [1.82, 2.24) is 10.2 Å². The number of benzene rings is 2. The molecule has 0 aliphatic carbocycles. The van der Waals surface area contributed by atoms with Crippen molar-refractivity contribution in [2.75, 3.05) is 17.8 Å². The van der Waals surface area contributed by atoms with E-state index in [1.165, 1.54) is 17.7 Å². The largest absolute Gasteiger partial charge is 0.349 e. The summed E-state index contributed by atoms with van der Waals surface area (Å²) in [5.74, 6) is -0.278. The van der Waals surface area contributed by atoms with Gasteiger partial charge in [0.1, 0.15) is 0 Å². The molecule has 0 radical (unpaired) electrons. The normalized spacial score (nSPS) is 14.8. The van der Waals surface area contributed by atoms with E-state index >= 15 is 0 Å². The lowest BCUT2D eigenvalue weighted by atomic mass is 10.0. The topological polar surface area (TPSA) is 95.6 Å². The van der Waals surface area contributed by atoms with Gasteiger partial charge < -0.3 is 10.2 Å². The van der Waals surface area contributed by atoms with Crippen molar-refractivity contribution in [3.8, 4) is 0 Å². The van der Waals surface area contributed by atoms with Crippen LogP contribution in [0.25, 0.3) is 0 Å². The van der Waals surface area contributed by atoms with Gasteiger partial charge in [-0.2, -0.15) is 0 Å². The smallest absolute Gasteiger partial charge is 0.261 e. The van der Waals surface area contributed by atoms with Crippen molar-refractivity contribution in [3.05, 3.63) is 59.7 Å². The van der Waals surface area contributed by atoms with E-state index in [4.69, 9.17) is 0 Å². The fourth-order valence-corrected chi connectivity index (χ4v) is 4.85. The number of carbonyl (C=O) groups is 2. The molecular formula is C24H31N3O4S. The van der Waals surface area contributed by atoms with Crippen LogP contribution >= 0.6 is 0 Å². The highest BCUT2D eigenvalue weighted by atomic mass is 32.2. The summed E-state index contributed by atoms with van der Waals surface area (Å²) in [6.07, 6.45) is 4.53. The zero-order valence-electron chi connectivity index (χ0n) is 18.6. The maximum Gasteiger partial charge on any atom is 0.261 e. The zero-order chi connectivity index (χ0) is 23.1. The van der Waals surface area contributed by atoms with Gasteiger partial charge in [-0.15, -0.1) is 0 Å². The van der Waals surface area contributed by atoms with Crippen molar-refractivity contribution in [2.24, 2.45) is 0 Å². The molecule has 172 valence electrons. The molecule has 32 heavy (non-hydrogen) atoms. The standard InChI is InChI=1S/C24H31N3O4S/c1-3-4-6-19-9-11-22(12-10-19)26-32(30,31)23-8-5-7-20(17-23)24(29)25-21-13-15-27(16-14-21)18(2)28/h5,7-12,17,21,26H,3-4,6,13-16H2,1-2H3,(H,25,29). The predicted molar refractivity (Wildman–Crippen MR) is 125 cm³/mol. The Kier molecular flexibility index (Phi) is 7.90. The van der Waals surface area contributed by atoms with E-state index in [1.807, 2.05) is 12.1 Å². The second kappa shape index (κ2) is 10.6. The number of hydrogen-bond acceptors (Lipinski definition) is 4. The van der Waals surface area contributed by atoms with Gasteiger partial charge in [0.05, 0.1) is 4.90 Å². The van der Waals surface area contributed by atoms with Crippen LogP contribution in [0.1, 0.15) is 55.5 Å². The second-order valence-corrected chi connectivity index (χ2v) is 9.87. The summed E-state index contributed by atoms with van der Waals surface area (Å²) in [5.41, 5.74) is 1.94. The van der Waals surface area contributed by atoms with Gasteiger partial charge in [-0.05, 0) is 61.6 Å². The van der Waals surface area contributed by atoms with Crippen LogP contribution < -0.4 is 10.0 Å². The number of anilines is 1.